The second kappa shape index (κ2) is 10.4. The minimum atomic E-state index is -0.552. The number of carbonyl (C=O) groups is 2. The quantitative estimate of drug-likeness (QED) is 0.570. The standard InChI is InChI=1S/C22H27BrN2O6/c1-22(2,3)14-7-8-16(15(23)11-14)31-12-19(26)24-25-21(27)13-9-17(28-4)20(30-6)18(10-13)29-5/h7-11H,12H2,1-6H3,(H,24,26)(H,25,27). The Morgan fingerprint density at radius 3 is 2.00 bits per heavy atom. The Hall–Kier alpha value is -2.94. The molecule has 8 nitrogen and oxygen atoms in total. The summed E-state index contributed by atoms with van der Waals surface area (Å²) in [5.41, 5.74) is 6.00. The number of rotatable bonds is 7. The van der Waals surface area contributed by atoms with Crippen molar-refractivity contribution in [2.75, 3.05) is 27.9 Å². The number of hydrogen-bond donors (Lipinski definition) is 2. The van der Waals surface area contributed by atoms with Gasteiger partial charge in [-0.25, -0.2) is 0 Å². The van der Waals surface area contributed by atoms with Gasteiger partial charge in [0.15, 0.2) is 18.1 Å². The summed E-state index contributed by atoms with van der Waals surface area (Å²) in [6.07, 6.45) is 0. The summed E-state index contributed by atoms with van der Waals surface area (Å²) >= 11 is 3.46. The van der Waals surface area contributed by atoms with E-state index in [-0.39, 0.29) is 17.6 Å². The average molecular weight is 495 g/mol. The Balaban J connectivity index is 1.97. The molecule has 0 aromatic heterocycles. The molecule has 0 radical (unpaired) electrons. The zero-order valence-electron chi connectivity index (χ0n) is 18.4. The van der Waals surface area contributed by atoms with Crippen molar-refractivity contribution in [2.45, 2.75) is 26.2 Å². The zero-order valence-corrected chi connectivity index (χ0v) is 20.0. The van der Waals surface area contributed by atoms with Crippen LogP contribution in [0.3, 0.4) is 0 Å². The molecule has 2 N–H and O–H groups in total. The van der Waals surface area contributed by atoms with Crippen LogP contribution >= 0.6 is 15.9 Å². The van der Waals surface area contributed by atoms with Crippen LogP contribution in [0.4, 0.5) is 0 Å². The van der Waals surface area contributed by atoms with Gasteiger partial charge < -0.3 is 18.9 Å². The van der Waals surface area contributed by atoms with Crippen LogP contribution in [-0.2, 0) is 10.2 Å². The van der Waals surface area contributed by atoms with Gasteiger partial charge in [-0.15, -0.1) is 0 Å². The summed E-state index contributed by atoms with van der Waals surface area (Å²) in [7, 11) is 4.36. The molecule has 0 fully saturated rings. The van der Waals surface area contributed by atoms with Crippen LogP contribution in [0.1, 0.15) is 36.7 Å². The SMILES string of the molecule is COc1cc(C(=O)NNC(=O)COc2ccc(C(C)(C)C)cc2Br)cc(OC)c1OC. The first-order valence-corrected chi connectivity index (χ1v) is 10.2. The molecule has 0 bridgehead atoms. The summed E-state index contributed by atoms with van der Waals surface area (Å²) in [6.45, 7) is 6.06. The van der Waals surface area contributed by atoms with Crippen molar-refractivity contribution in [1.82, 2.24) is 10.9 Å². The predicted octanol–water partition coefficient (Wildman–Crippen LogP) is 3.61. The number of halogens is 1. The van der Waals surface area contributed by atoms with Crippen molar-refractivity contribution in [3.8, 4) is 23.0 Å². The Morgan fingerprint density at radius 2 is 1.52 bits per heavy atom. The van der Waals surface area contributed by atoms with E-state index in [0.29, 0.717) is 23.0 Å². The Kier molecular flexibility index (Phi) is 8.15. The fraction of sp³-hybridized carbons (Fsp3) is 0.364. The number of benzene rings is 2. The highest BCUT2D eigenvalue weighted by molar-refractivity contribution is 9.10. The molecular formula is C22H27BrN2O6. The van der Waals surface area contributed by atoms with E-state index in [2.05, 4.69) is 47.6 Å². The third-order valence-electron chi connectivity index (χ3n) is 4.40. The molecule has 0 heterocycles. The molecule has 0 aliphatic rings. The van der Waals surface area contributed by atoms with E-state index < -0.39 is 11.8 Å². The first kappa shape index (κ1) is 24.3. The number of carbonyl (C=O) groups excluding carboxylic acids is 2. The van der Waals surface area contributed by atoms with Gasteiger partial charge in [-0.05, 0) is 51.2 Å². The molecule has 168 valence electrons. The summed E-state index contributed by atoms with van der Waals surface area (Å²) in [4.78, 5) is 24.5. The van der Waals surface area contributed by atoms with Gasteiger partial charge in [0.1, 0.15) is 5.75 Å². The third-order valence-corrected chi connectivity index (χ3v) is 5.02. The molecule has 0 atom stereocenters. The Bertz CT molecular complexity index is 930. The van der Waals surface area contributed by atoms with E-state index in [1.807, 2.05) is 12.1 Å². The van der Waals surface area contributed by atoms with E-state index in [1.54, 1.807) is 6.07 Å². The van der Waals surface area contributed by atoms with Crippen LogP contribution in [0.5, 0.6) is 23.0 Å². The first-order chi connectivity index (χ1) is 14.6. The van der Waals surface area contributed by atoms with E-state index >= 15 is 0 Å². The zero-order chi connectivity index (χ0) is 23.2. The van der Waals surface area contributed by atoms with E-state index in [0.717, 1.165) is 10.0 Å². The van der Waals surface area contributed by atoms with Crippen LogP contribution in [0, 0.1) is 0 Å². The normalized spacial score (nSPS) is 10.8. The molecule has 31 heavy (non-hydrogen) atoms. The molecule has 0 aliphatic heterocycles. The first-order valence-electron chi connectivity index (χ1n) is 9.42. The maximum absolute atomic E-state index is 12.4. The molecule has 9 heteroatoms. The number of methoxy groups -OCH3 is 3. The van der Waals surface area contributed by atoms with E-state index in [4.69, 9.17) is 18.9 Å². The van der Waals surface area contributed by atoms with Crippen LogP contribution in [0.25, 0.3) is 0 Å². The highest BCUT2D eigenvalue weighted by Gasteiger charge is 2.18. The number of nitrogens with one attached hydrogen (secondary N) is 2. The highest BCUT2D eigenvalue weighted by Crippen LogP contribution is 2.38. The molecule has 2 aromatic rings. The number of amides is 2. The maximum Gasteiger partial charge on any atom is 0.276 e. The summed E-state index contributed by atoms with van der Waals surface area (Å²) in [5.74, 6) is 0.465. The van der Waals surface area contributed by atoms with Crippen molar-refractivity contribution in [1.29, 1.82) is 0 Å². The molecule has 2 aromatic carbocycles. The van der Waals surface area contributed by atoms with Gasteiger partial charge in [-0.2, -0.15) is 0 Å². The van der Waals surface area contributed by atoms with E-state index in [1.165, 1.54) is 33.5 Å². The van der Waals surface area contributed by atoms with E-state index in [9.17, 15) is 9.59 Å². The Labute approximate surface area is 190 Å². The van der Waals surface area contributed by atoms with Crippen LogP contribution in [0.15, 0.2) is 34.8 Å². The molecule has 0 spiro atoms. The lowest BCUT2D eigenvalue weighted by molar-refractivity contribution is -0.123. The van der Waals surface area contributed by atoms with Crippen LogP contribution in [-0.4, -0.2) is 39.8 Å². The van der Waals surface area contributed by atoms with Crippen LogP contribution in [0.2, 0.25) is 0 Å². The fourth-order valence-electron chi connectivity index (χ4n) is 2.67. The lowest BCUT2D eigenvalue weighted by Crippen LogP contribution is -2.43. The van der Waals surface area contributed by atoms with Gasteiger partial charge >= 0.3 is 0 Å². The van der Waals surface area contributed by atoms with Gasteiger partial charge in [-0.1, -0.05) is 26.8 Å². The van der Waals surface area contributed by atoms with Gasteiger partial charge in [0.25, 0.3) is 11.8 Å². The molecule has 2 amide bonds. The van der Waals surface area contributed by atoms with Crippen molar-refractivity contribution in [3.63, 3.8) is 0 Å². The second-order valence-electron chi connectivity index (χ2n) is 7.60. The Morgan fingerprint density at radius 1 is 0.903 bits per heavy atom. The van der Waals surface area contributed by atoms with Gasteiger partial charge in [0.05, 0.1) is 25.8 Å². The molecule has 0 unspecified atom stereocenters. The molecule has 0 saturated carbocycles. The lowest BCUT2D eigenvalue weighted by Gasteiger charge is -2.20. The van der Waals surface area contributed by atoms with Gasteiger partial charge in [-0.3, -0.25) is 20.4 Å². The summed E-state index contributed by atoms with van der Waals surface area (Å²) in [6, 6.07) is 8.66. The average Bonchev–Trinajstić information content (AvgIpc) is 2.74. The monoisotopic (exact) mass is 494 g/mol. The van der Waals surface area contributed by atoms with Crippen molar-refractivity contribution < 1.29 is 28.5 Å². The maximum atomic E-state index is 12.4. The predicted molar refractivity (Wildman–Crippen MR) is 120 cm³/mol. The third kappa shape index (κ3) is 6.27. The fourth-order valence-corrected chi connectivity index (χ4v) is 3.17. The number of ether oxygens (including phenoxy) is 4. The summed E-state index contributed by atoms with van der Waals surface area (Å²) < 4.78 is 22.0. The molecule has 0 aliphatic carbocycles. The largest absolute Gasteiger partial charge is 0.493 e. The van der Waals surface area contributed by atoms with Crippen molar-refractivity contribution in [3.05, 3.63) is 45.9 Å². The molecule has 2 rings (SSSR count). The lowest BCUT2D eigenvalue weighted by atomic mass is 9.87. The number of hydrogen-bond acceptors (Lipinski definition) is 6. The van der Waals surface area contributed by atoms with Crippen molar-refractivity contribution >= 4 is 27.7 Å². The summed E-state index contributed by atoms with van der Waals surface area (Å²) in [5, 5.41) is 0. The minimum absolute atomic E-state index is 0.00444. The molecule has 0 saturated heterocycles. The minimum Gasteiger partial charge on any atom is -0.493 e. The number of hydrazine groups is 1. The van der Waals surface area contributed by atoms with Gasteiger partial charge in [0, 0.05) is 5.56 Å². The highest BCUT2D eigenvalue weighted by atomic mass is 79.9. The van der Waals surface area contributed by atoms with Gasteiger partial charge in [0.2, 0.25) is 5.75 Å². The smallest absolute Gasteiger partial charge is 0.276 e. The molecular weight excluding hydrogens is 468 g/mol. The topological polar surface area (TPSA) is 95.1 Å². The van der Waals surface area contributed by atoms with Crippen molar-refractivity contribution in [2.24, 2.45) is 0 Å². The second-order valence-corrected chi connectivity index (χ2v) is 8.45. The van der Waals surface area contributed by atoms with Crippen LogP contribution < -0.4 is 29.8 Å².